The lowest BCUT2D eigenvalue weighted by atomic mass is 10.1. The van der Waals surface area contributed by atoms with Crippen LogP contribution in [0.1, 0.15) is 11.1 Å². The van der Waals surface area contributed by atoms with Gasteiger partial charge in [-0.25, -0.2) is 16.8 Å². The van der Waals surface area contributed by atoms with E-state index in [1.165, 1.54) is 20.7 Å². The third-order valence-corrected chi connectivity index (χ3v) is 10.5. The monoisotopic (exact) mass is 505 g/mol. The van der Waals surface area contributed by atoms with Crippen LogP contribution in [0.2, 0.25) is 0 Å². The van der Waals surface area contributed by atoms with E-state index in [-0.39, 0.29) is 15.5 Å². The molecule has 0 amide bonds. The molecular weight excluding hydrogens is 478 g/mol. The Morgan fingerprint density at radius 2 is 1.21 bits per heavy atom. The van der Waals surface area contributed by atoms with Gasteiger partial charge in [0, 0.05) is 63.5 Å². The molecule has 34 heavy (non-hydrogen) atoms. The van der Waals surface area contributed by atoms with Crippen LogP contribution in [0.25, 0.3) is 11.1 Å². The summed E-state index contributed by atoms with van der Waals surface area (Å²) in [5, 5.41) is 16.4. The van der Waals surface area contributed by atoms with Crippen molar-refractivity contribution in [3.63, 3.8) is 0 Å². The van der Waals surface area contributed by atoms with Crippen LogP contribution in [0.5, 0.6) is 0 Å². The summed E-state index contributed by atoms with van der Waals surface area (Å²) in [6, 6.07) is 9.52. The predicted octanol–water partition coefficient (Wildman–Crippen LogP) is 0.424. The summed E-state index contributed by atoms with van der Waals surface area (Å²) in [5.41, 5.74) is 2.49. The molecule has 2 aliphatic heterocycles. The predicted molar refractivity (Wildman–Crippen MR) is 127 cm³/mol. The maximum Gasteiger partial charge on any atom is 0.243 e. The van der Waals surface area contributed by atoms with E-state index in [0.29, 0.717) is 74.6 Å². The van der Waals surface area contributed by atoms with E-state index < -0.39 is 20.0 Å². The van der Waals surface area contributed by atoms with Gasteiger partial charge < -0.3 is 15.4 Å². The summed E-state index contributed by atoms with van der Waals surface area (Å²) in [4.78, 5) is 2.32. The number of benzene rings is 2. The highest BCUT2D eigenvalue weighted by atomic mass is 32.2. The molecule has 12 heteroatoms. The van der Waals surface area contributed by atoms with Crippen LogP contribution in [0.15, 0.2) is 51.3 Å². The van der Waals surface area contributed by atoms with Crippen molar-refractivity contribution < 1.29 is 22.0 Å². The van der Waals surface area contributed by atoms with Gasteiger partial charge in [0.25, 0.3) is 0 Å². The molecule has 2 heterocycles. The molecule has 0 spiro atoms. The molecule has 2 aromatic rings. The van der Waals surface area contributed by atoms with Crippen molar-refractivity contribution in [1.29, 1.82) is 0 Å². The van der Waals surface area contributed by atoms with E-state index in [4.69, 9.17) is 0 Å². The number of oxime groups is 1. The summed E-state index contributed by atoms with van der Waals surface area (Å²) in [7, 11) is -5.46. The number of nitrogens with one attached hydrogen (secondary N) is 1. The van der Waals surface area contributed by atoms with Crippen molar-refractivity contribution in [1.82, 2.24) is 18.8 Å². The van der Waals surface area contributed by atoms with Gasteiger partial charge in [0.15, 0.2) is 0 Å². The van der Waals surface area contributed by atoms with Crippen molar-refractivity contribution in [3.8, 4) is 11.1 Å². The molecule has 0 aromatic heterocycles. The van der Waals surface area contributed by atoms with Gasteiger partial charge in [-0.1, -0.05) is 17.3 Å². The number of hydrogen-bond donors (Lipinski definition) is 2. The van der Waals surface area contributed by atoms with E-state index in [9.17, 15) is 22.0 Å². The van der Waals surface area contributed by atoms with E-state index in [2.05, 4.69) is 15.4 Å². The smallest absolute Gasteiger partial charge is 0.243 e. The lowest BCUT2D eigenvalue weighted by molar-refractivity contribution is 0.222. The molecule has 2 saturated heterocycles. The van der Waals surface area contributed by atoms with Gasteiger partial charge in [-0.2, -0.15) is 8.61 Å². The van der Waals surface area contributed by atoms with Crippen molar-refractivity contribution in [2.45, 2.75) is 9.79 Å². The first kappa shape index (κ1) is 23.4. The standard InChI is InChI=1S/C22H27N5O5S2/c1-25-10-12-27(13-11-25)34(31,32)17-3-5-19-18-4-2-16(14-20(18)22(24-28)21(19)15-17)33(29,30)26-8-6-23-7-9-26/h2-5,14-15,23,28H,6-13H2,1H3/b24-22+. The molecule has 2 fully saturated rings. The second-order valence-corrected chi connectivity index (χ2v) is 12.6. The molecule has 10 nitrogen and oxygen atoms in total. The van der Waals surface area contributed by atoms with Gasteiger partial charge in [-0.05, 0) is 42.4 Å². The number of sulfonamides is 2. The summed E-state index contributed by atoms with van der Waals surface area (Å²) >= 11 is 0. The zero-order valence-corrected chi connectivity index (χ0v) is 20.4. The topological polar surface area (TPSA) is 123 Å². The Morgan fingerprint density at radius 3 is 1.68 bits per heavy atom. The van der Waals surface area contributed by atoms with E-state index in [0.717, 1.165) is 0 Å². The van der Waals surface area contributed by atoms with E-state index in [1.807, 2.05) is 7.05 Å². The Bertz CT molecular complexity index is 1360. The highest BCUT2D eigenvalue weighted by molar-refractivity contribution is 7.89. The average molecular weight is 506 g/mol. The van der Waals surface area contributed by atoms with Crippen LogP contribution in [-0.2, 0) is 20.0 Å². The third kappa shape index (κ3) is 3.84. The summed E-state index contributed by atoms with van der Waals surface area (Å²) in [6.45, 7) is 4.07. The number of rotatable bonds is 4. The Balaban J connectivity index is 1.51. The highest BCUT2D eigenvalue weighted by Crippen LogP contribution is 2.40. The van der Waals surface area contributed by atoms with Gasteiger partial charge >= 0.3 is 0 Å². The van der Waals surface area contributed by atoms with Gasteiger partial charge in [-0.15, -0.1) is 0 Å². The Morgan fingerprint density at radius 1 is 0.735 bits per heavy atom. The lowest BCUT2D eigenvalue weighted by Gasteiger charge is -2.31. The molecule has 2 N–H and O–H groups in total. The highest BCUT2D eigenvalue weighted by Gasteiger charge is 2.33. The molecule has 0 unspecified atom stereocenters. The maximum atomic E-state index is 13.2. The van der Waals surface area contributed by atoms with Crippen LogP contribution in [-0.4, -0.2) is 101 Å². The molecule has 0 atom stereocenters. The van der Waals surface area contributed by atoms with Gasteiger partial charge in [0.05, 0.1) is 9.79 Å². The van der Waals surface area contributed by atoms with Crippen LogP contribution in [0, 0.1) is 0 Å². The first-order valence-corrected chi connectivity index (χ1v) is 14.0. The van der Waals surface area contributed by atoms with Gasteiger partial charge in [0.2, 0.25) is 20.0 Å². The number of fused-ring (bicyclic) bond motifs is 3. The van der Waals surface area contributed by atoms with Crippen molar-refractivity contribution in [3.05, 3.63) is 47.5 Å². The zero-order valence-electron chi connectivity index (χ0n) is 18.8. The zero-order chi connectivity index (χ0) is 24.1. The second kappa shape index (κ2) is 8.70. The number of piperazine rings is 2. The maximum absolute atomic E-state index is 13.2. The van der Waals surface area contributed by atoms with Gasteiger partial charge in [-0.3, -0.25) is 0 Å². The SMILES string of the molecule is CN1CCN(S(=O)(=O)c2ccc3c(c2)/C(=N/O)c2cc(S(=O)(=O)N4CCNCC4)ccc2-3)CC1. The van der Waals surface area contributed by atoms with E-state index in [1.54, 1.807) is 24.3 Å². The molecule has 2 aromatic carbocycles. The third-order valence-electron chi connectivity index (χ3n) is 6.70. The number of nitrogens with zero attached hydrogens (tertiary/aromatic N) is 4. The minimum atomic E-state index is -3.71. The molecule has 0 saturated carbocycles. The van der Waals surface area contributed by atoms with Crippen LogP contribution in [0.3, 0.4) is 0 Å². The van der Waals surface area contributed by atoms with Gasteiger partial charge in [0.1, 0.15) is 5.71 Å². The quantitative estimate of drug-likeness (QED) is 0.389. The molecule has 1 aliphatic carbocycles. The lowest BCUT2D eigenvalue weighted by Crippen LogP contribution is -2.47. The summed E-state index contributed by atoms with van der Waals surface area (Å²) in [6.07, 6.45) is 0. The molecule has 0 bridgehead atoms. The normalized spacial score (nSPS) is 21.5. The fraction of sp³-hybridized carbons (Fsp3) is 0.409. The minimum absolute atomic E-state index is 0.118. The first-order chi connectivity index (χ1) is 16.2. The number of likely N-dealkylation sites (N-methyl/N-ethyl adjacent to an activating group) is 1. The molecule has 182 valence electrons. The summed E-state index contributed by atoms with van der Waals surface area (Å²) < 4.78 is 55.7. The fourth-order valence-corrected chi connectivity index (χ4v) is 7.61. The van der Waals surface area contributed by atoms with Crippen molar-refractivity contribution in [2.75, 3.05) is 59.4 Å². The molecular formula is C22H27N5O5S2. The molecule has 3 aliphatic rings. The largest absolute Gasteiger partial charge is 0.410 e. The molecule has 5 rings (SSSR count). The average Bonchev–Trinajstić information content (AvgIpc) is 3.17. The van der Waals surface area contributed by atoms with Crippen LogP contribution < -0.4 is 5.32 Å². The second-order valence-electron chi connectivity index (χ2n) is 8.72. The Labute approximate surface area is 199 Å². The first-order valence-electron chi connectivity index (χ1n) is 11.1. The van der Waals surface area contributed by atoms with E-state index >= 15 is 0 Å². The molecule has 0 radical (unpaired) electrons. The van der Waals surface area contributed by atoms with Crippen molar-refractivity contribution >= 4 is 25.8 Å². The van der Waals surface area contributed by atoms with Crippen molar-refractivity contribution in [2.24, 2.45) is 5.16 Å². The Kier molecular flexibility index (Phi) is 5.99. The Hall–Kier alpha value is -2.35. The van der Waals surface area contributed by atoms with Crippen LogP contribution >= 0.6 is 0 Å². The number of hydrogen-bond acceptors (Lipinski definition) is 8. The summed E-state index contributed by atoms with van der Waals surface area (Å²) in [5.74, 6) is 0. The minimum Gasteiger partial charge on any atom is -0.410 e. The fourth-order valence-electron chi connectivity index (χ4n) is 4.69. The van der Waals surface area contributed by atoms with Crippen LogP contribution in [0.4, 0.5) is 0 Å².